The van der Waals surface area contributed by atoms with Gasteiger partial charge in [-0.15, -0.1) is 0 Å². The summed E-state index contributed by atoms with van der Waals surface area (Å²) in [5, 5.41) is 9.50. The van der Waals surface area contributed by atoms with Gasteiger partial charge in [0.2, 0.25) is 0 Å². The van der Waals surface area contributed by atoms with Gasteiger partial charge >= 0.3 is 8.80 Å². The molecule has 0 aromatic carbocycles. The lowest BCUT2D eigenvalue weighted by Gasteiger charge is -2.32. The Morgan fingerprint density at radius 1 is 0.543 bits per heavy atom. The first-order valence-corrected chi connectivity index (χ1v) is 21.8. The maximum Gasteiger partial charge on any atom is 0.500 e. The second-order valence-corrected chi connectivity index (χ2v) is 16.2. The number of allylic oxidation sites excluding steroid dienone is 6. The molecule has 1 heterocycles. The molecular formula is C40H77NO4Si. The van der Waals surface area contributed by atoms with Crippen LogP contribution in [0.5, 0.6) is 0 Å². The minimum absolute atomic E-state index is 0.339. The normalized spacial score (nSPS) is 15.4. The molecular weight excluding hydrogens is 587 g/mol. The number of nitrogens with zero attached hydrogens (tertiary/aromatic N) is 1. The third-order valence-electron chi connectivity index (χ3n) is 9.11. The molecule has 1 aliphatic heterocycles. The van der Waals surface area contributed by atoms with E-state index in [4.69, 9.17) is 13.3 Å². The van der Waals surface area contributed by atoms with Gasteiger partial charge < -0.3 is 23.3 Å². The molecule has 0 aliphatic carbocycles. The van der Waals surface area contributed by atoms with E-state index in [0.29, 0.717) is 12.5 Å². The summed E-state index contributed by atoms with van der Waals surface area (Å²) < 4.78 is 20.2. The molecule has 0 atom stereocenters. The molecule has 5 nitrogen and oxygen atoms in total. The summed E-state index contributed by atoms with van der Waals surface area (Å²) >= 11 is 0. The summed E-state index contributed by atoms with van der Waals surface area (Å²) in [6.07, 6.45) is 40.0. The molecule has 0 aromatic rings. The largest absolute Gasteiger partial charge is 0.500 e. The quantitative estimate of drug-likeness (QED) is 0.0430. The average Bonchev–Trinajstić information content (AvgIpc) is 3.08. The van der Waals surface area contributed by atoms with E-state index in [2.05, 4.69) is 62.1 Å². The van der Waals surface area contributed by atoms with Gasteiger partial charge in [-0.25, -0.2) is 0 Å². The Morgan fingerprint density at radius 3 is 1.30 bits per heavy atom. The minimum atomic E-state index is -2.78. The van der Waals surface area contributed by atoms with E-state index >= 15 is 0 Å². The summed E-state index contributed by atoms with van der Waals surface area (Å²) in [4.78, 5) is 2.57. The van der Waals surface area contributed by atoms with Crippen LogP contribution in [0.25, 0.3) is 0 Å². The van der Waals surface area contributed by atoms with Crippen LogP contribution in [-0.4, -0.2) is 64.9 Å². The molecule has 0 saturated carbocycles. The highest BCUT2D eigenvalue weighted by atomic mass is 28.4. The number of aliphatic hydroxyl groups excluding tert-OH is 1. The predicted molar refractivity (Wildman–Crippen MR) is 201 cm³/mol. The fraction of sp³-hybridized carbons (Fsp3) is 0.850. The molecule has 1 saturated heterocycles. The van der Waals surface area contributed by atoms with Crippen molar-refractivity contribution in [3.8, 4) is 0 Å². The van der Waals surface area contributed by atoms with Crippen LogP contribution in [0, 0.1) is 5.92 Å². The first-order valence-electron chi connectivity index (χ1n) is 19.9. The van der Waals surface area contributed by atoms with Crippen LogP contribution in [0.15, 0.2) is 36.5 Å². The van der Waals surface area contributed by atoms with E-state index < -0.39 is 8.80 Å². The lowest BCUT2D eigenvalue weighted by atomic mass is 9.98. The average molecular weight is 664 g/mol. The van der Waals surface area contributed by atoms with Gasteiger partial charge in [0.1, 0.15) is 0 Å². The molecule has 1 aliphatic rings. The van der Waals surface area contributed by atoms with E-state index in [1.807, 2.05) is 0 Å². The van der Waals surface area contributed by atoms with Crippen LogP contribution in [0.4, 0.5) is 0 Å². The molecule has 1 N–H and O–H groups in total. The maximum atomic E-state index is 9.50. The summed E-state index contributed by atoms with van der Waals surface area (Å²) in [5.74, 6) is 0.495. The van der Waals surface area contributed by atoms with E-state index in [9.17, 15) is 5.11 Å². The first-order chi connectivity index (χ1) is 22.7. The fourth-order valence-electron chi connectivity index (χ4n) is 5.94. The number of unbranched alkanes of at least 4 members (excludes halogenated alkanes) is 13. The van der Waals surface area contributed by atoms with Crippen LogP contribution in [0.2, 0.25) is 6.04 Å². The second kappa shape index (κ2) is 32.8. The first kappa shape index (κ1) is 43.3. The molecule has 0 aromatic heterocycles. The van der Waals surface area contributed by atoms with Crippen LogP contribution in [0.1, 0.15) is 162 Å². The molecule has 1 fully saturated rings. The van der Waals surface area contributed by atoms with E-state index in [1.165, 1.54) is 77.0 Å². The zero-order valence-electron chi connectivity index (χ0n) is 30.9. The molecule has 6 heteroatoms. The fourth-order valence-corrected chi connectivity index (χ4v) is 8.67. The third-order valence-corrected chi connectivity index (χ3v) is 12.0. The minimum Gasteiger partial charge on any atom is -0.396 e. The van der Waals surface area contributed by atoms with Crippen molar-refractivity contribution < 1.29 is 18.4 Å². The van der Waals surface area contributed by atoms with Crippen molar-refractivity contribution in [2.75, 3.05) is 46.1 Å². The van der Waals surface area contributed by atoms with Gasteiger partial charge in [0, 0.05) is 32.5 Å². The predicted octanol–water partition coefficient (Wildman–Crippen LogP) is 11.2. The van der Waals surface area contributed by atoms with Gasteiger partial charge in [-0.05, 0) is 128 Å². The number of hydrogen-bond donors (Lipinski definition) is 1. The molecule has 1 rings (SSSR count). The van der Waals surface area contributed by atoms with E-state index in [-0.39, 0.29) is 0 Å². The van der Waals surface area contributed by atoms with Gasteiger partial charge in [0.15, 0.2) is 0 Å². The van der Waals surface area contributed by atoms with Crippen LogP contribution in [0.3, 0.4) is 0 Å². The topological polar surface area (TPSA) is 51.2 Å². The number of hydrogen-bond acceptors (Lipinski definition) is 5. The summed E-state index contributed by atoms with van der Waals surface area (Å²) in [7, 11) is -2.78. The second-order valence-electron chi connectivity index (χ2n) is 13.5. The number of aliphatic hydroxyl groups is 1. The Labute approximate surface area is 288 Å². The smallest absolute Gasteiger partial charge is 0.396 e. The highest BCUT2D eigenvalue weighted by molar-refractivity contribution is 6.60. The standard InChI is InChI=1S/C40H77NO4Si/c1-4-7-10-13-16-19-22-26-35-43-46(44-36-27-23-20-17-14-11-8-5-2,45-37-28-24-21-18-15-12-9-6-3)38-29-25-32-41-33-30-40(39-42)31-34-41/h16-21,40,42H,4-15,22-39H2,1-3H3/b19-16-,20-17-,21-18-. The summed E-state index contributed by atoms with van der Waals surface area (Å²) in [5.41, 5.74) is 0. The Bertz CT molecular complexity index is 651. The maximum absolute atomic E-state index is 9.50. The van der Waals surface area contributed by atoms with Gasteiger partial charge in [0.25, 0.3) is 0 Å². The van der Waals surface area contributed by atoms with Crippen molar-refractivity contribution in [2.24, 2.45) is 5.92 Å². The zero-order chi connectivity index (χ0) is 33.2. The lowest BCUT2D eigenvalue weighted by Crippen LogP contribution is -2.46. The Morgan fingerprint density at radius 2 is 0.935 bits per heavy atom. The Hall–Kier alpha value is -0.763. The molecule has 0 spiro atoms. The van der Waals surface area contributed by atoms with Crippen molar-refractivity contribution in [3.05, 3.63) is 36.5 Å². The summed E-state index contributed by atoms with van der Waals surface area (Å²) in [6, 6.07) is 0.909. The summed E-state index contributed by atoms with van der Waals surface area (Å²) in [6.45, 7) is 12.6. The Balaban J connectivity index is 2.71. The molecule has 270 valence electrons. The van der Waals surface area contributed by atoms with E-state index in [0.717, 1.165) is 110 Å². The SMILES string of the molecule is CCCCC/C=C\CCCO[Si](CCCCN1CCC(CO)CC1)(OCCC/C=C\CCCCC)OCCC/C=C\CCCCC. The molecule has 0 radical (unpaired) electrons. The molecule has 0 amide bonds. The van der Waals surface area contributed by atoms with Crippen molar-refractivity contribution in [2.45, 2.75) is 168 Å². The van der Waals surface area contributed by atoms with Crippen LogP contribution < -0.4 is 0 Å². The molecule has 46 heavy (non-hydrogen) atoms. The van der Waals surface area contributed by atoms with Crippen LogP contribution in [-0.2, 0) is 13.3 Å². The van der Waals surface area contributed by atoms with Crippen molar-refractivity contribution >= 4 is 8.80 Å². The third kappa shape index (κ3) is 25.3. The van der Waals surface area contributed by atoms with Crippen molar-refractivity contribution in [3.63, 3.8) is 0 Å². The number of piperidine rings is 1. The Kier molecular flexibility index (Phi) is 30.8. The molecule has 0 bridgehead atoms. The van der Waals surface area contributed by atoms with Gasteiger partial charge in [0.05, 0.1) is 0 Å². The van der Waals surface area contributed by atoms with Crippen molar-refractivity contribution in [1.82, 2.24) is 4.90 Å². The number of rotatable bonds is 33. The van der Waals surface area contributed by atoms with Crippen LogP contribution >= 0.6 is 0 Å². The monoisotopic (exact) mass is 664 g/mol. The highest BCUT2D eigenvalue weighted by Gasteiger charge is 2.40. The van der Waals surface area contributed by atoms with Gasteiger partial charge in [-0.2, -0.15) is 0 Å². The number of likely N-dealkylation sites (tertiary alicyclic amines) is 1. The zero-order valence-corrected chi connectivity index (χ0v) is 31.9. The molecule has 0 unspecified atom stereocenters. The van der Waals surface area contributed by atoms with Gasteiger partial charge in [-0.1, -0.05) is 95.8 Å². The van der Waals surface area contributed by atoms with E-state index in [1.54, 1.807) is 0 Å². The van der Waals surface area contributed by atoms with Gasteiger partial charge in [-0.3, -0.25) is 0 Å². The lowest BCUT2D eigenvalue weighted by molar-refractivity contribution is 0.0562. The van der Waals surface area contributed by atoms with Crippen molar-refractivity contribution in [1.29, 1.82) is 0 Å². The highest BCUT2D eigenvalue weighted by Crippen LogP contribution is 2.23.